The number of fused-ring (bicyclic) bond motifs is 4. The highest BCUT2D eigenvalue weighted by atomic mass is 32.3. The molecule has 5 N–H and O–H groups in total. The molecular formula is C14H16N4O9S. The van der Waals surface area contributed by atoms with Crippen molar-refractivity contribution in [1.29, 1.82) is 0 Å². The monoisotopic (exact) mass is 416 g/mol. The molecular weight excluding hydrogens is 400 g/mol. The maximum Gasteiger partial charge on any atom is 0.418 e. The normalized spacial score (nSPS) is 20.7. The lowest BCUT2D eigenvalue weighted by Crippen LogP contribution is -2.41. The van der Waals surface area contributed by atoms with Crippen LogP contribution in [-0.2, 0) is 19.5 Å². The van der Waals surface area contributed by atoms with Crippen molar-refractivity contribution in [1.82, 2.24) is 15.3 Å². The molecule has 0 aromatic heterocycles. The summed E-state index contributed by atoms with van der Waals surface area (Å²) in [5, 5.41) is 11.1. The predicted octanol–water partition coefficient (Wildman–Crippen LogP) is -0.614. The third-order valence-corrected chi connectivity index (χ3v) is 4.55. The number of carboxylic acid groups (broad SMARTS) is 1. The number of carbonyl (C=O) groups is 3. The van der Waals surface area contributed by atoms with Crippen molar-refractivity contribution in [2.24, 2.45) is 5.73 Å². The lowest BCUT2D eigenvalue weighted by molar-refractivity contribution is -0.122. The lowest BCUT2D eigenvalue weighted by Gasteiger charge is -2.31. The van der Waals surface area contributed by atoms with Crippen molar-refractivity contribution >= 4 is 28.4 Å². The van der Waals surface area contributed by atoms with Crippen LogP contribution >= 0.6 is 0 Å². The molecule has 1 aromatic rings. The van der Waals surface area contributed by atoms with Gasteiger partial charge in [0.2, 0.25) is 5.91 Å². The van der Waals surface area contributed by atoms with Crippen LogP contribution in [0.3, 0.4) is 0 Å². The molecule has 3 rings (SSSR count). The van der Waals surface area contributed by atoms with Gasteiger partial charge < -0.3 is 25.8 Å². The van der Waals surface area contributed by atoms with E-state index in [2.05, 4.69) is 9.60 Å². The quantitative estimate of drug-likeness (QED) is 0.332. The first kappa shape index (κ1) is 19.7. The first-order chi connectivity index (χ1) is 13.1. The van der Waals surface area contributed by atoms with Crippen molar-refractivity contribution in [3.63, 3.8) is 0 Å². The summed E-state index contributed by atoms with van der Waals surface area (Å²) in [6, 6.07) is 1.41. The molecule has 0 aliphatic carbocycles. The molecule has 2 aliphatic heterocycles. The van der Waals surface area contributed by atoms with Crippen LogP contribution in [0.5, 0.6) is 5.75 Å². The summed E-state index contributed by atoms with van der Waals surface area (Å²) >= 11 is 0. The van der Waals surface area contributed by atoms with E-state index >= 15 is 0 Å². The highest BCUT2D eigenvalue weighted by Crippen LogP contribution is 2.45. The highest BCUT2D eigenvalue weighted by molar-refractivity contribution is 7.80. The van der Waals surface area contributed by atoms with Crippen LogP contribution in [0.4, 0.5) is 9.59 Å². The Morgan fingerprint density at radius 1 is 1.32 bits per heavy atom. The molecule has 2 atom stereocenters. The fourth-order valence-corrected chi connectivity index (χ4v) is 3.58. The molecule has 2 aliphatic rings. The average Bonchev–Trinajstić information content (AvgIpc) is 2.84. The third kappa shape index (κ3) is 3.78. The van der Waals surface area contributed by atoms with Crippen LogP contribution < -0.4 is 15.8 Å². The molecule has 0 unspecified atom stereocenters. The zero-order valence-corrected chi connectivity index (χ0v) is 15.0. The van der Waals surface area contributed by atoms with Crippen LogP contribution in [0.15, 0.2) is 18.2 Å². The molecule has 1 aromatic carbocycles. The summed E-state index contributed by atoms with van der Waals surface area (Å²) < 4.78 is 40.9. The van der Waals surface area contributed by atoms with E-state index in [0.717, 1.165) is 4.90 Å². The zero-order chi connectivity index (χ0) is 20.6. The number of nitrogens with zero attached hydrogens (tertiary/aromatic N) is 2. The van der Waals surface area contributed by atoms with E-state index < -0.39 is 40.5 Å². The number of nitrogens with two attached hydrogens (primary N) is 1. The Morgan fingerprint density at radius 2 is 2.04 bits per heavy atom. The fraction of sp³-hybridized carbons (Fsp3) is 0.357. The summed E-state index contributed by atoms with van der Waals surface area (Å²) in [7, 11) is -4.99. The smallest absolute Gasteiger partial charge is 0.418 e. The number of hydrogen-bond acceptors (Lipinski definition) is 7. The molecule has 0 saturated carbocycles. The molecule has 28 heavy (non-hydrogen) atoms. The SMILES string of the molecule is NC(=O)[C@H]1c2ccc(OCCNC(=O)O)cc2[C@@H]2CN1C(=O)N2OS(=O)(=O)O. The van der Waals surface area contributed by atoms with E-state index in [1.165, 1.54) is 18.2 Å². The second-order valence-electron chi connectivity index (χ2n) is 5.95. The van der Waals surface area contributed by atoms with Crippen LogP contribution in [-0.4, -0.2) is 65.8 Å². The molecule has 2 heterocycles. The van der Waals surface area contributed by atoms with E-state index in [1.54, 1.807) is 0 Å². The van der Waals surface area contributed by atoms with Crippen molar-refractivity contribution in [2.45, 2.75) is 12.1 Å². The van der Waals surface area contributed by atoms with Crippen molar-refractivity contribution in [3.05, 3.63) is 29.3 Å². The van der Waals surface area contributed by atoms with Crippen LogP contribution in [0, 0.1) is 0 Å². The maximum atomic E-state index is 12.5. The van der Waals surface area contributed by atoms with Gasteiger partial charge in [0.1, 0.15) is 24.4 Å². The largest absolute Gasteiger partial charge is 0.492 e. The Balaban J connectivity index is 1.92. The number of carbonyl (C=O) groups excluding carboxylic acids is 2. The molecule has 1 saturated heterocycles. The number of amides is 4. The highest BCUT2D eigenvalue weighted by Gasteiger charge is 2.51. The van der Waals surface area contributed by atoms with Gasteiger partial charge in [-0.1, -0.05) is 6.07 Å². The van der Waals surface area contributed by atoms with E-state index in [4.69, 9.17) is 20.1 Å². The number of benzene rings is 1. The summed E-state index contributed by atoms with van der Waals surface area (Å²) in [5.74, 6) is -0.546. The fourth-order valence-electron chi connectivity index (χ4n) is 3.21. The van der Waals surface area contributed by atoms with Crippen LogP contribution in [0.25, 0.3) is 0 Å². The number of hydroxylamine groups is 2. The van der Waals surface area contributed by atoms with Gasteiger partial charge in [0.15, 0.2) is 0 Å². The zero-order valence-electron chi connectivity index (χ0n) is 14.1. The second-order valence-corrected chi connectivity index (χ2v) is 6.96. The number of rotatable bonds is 7. The van der Waals surface area contributed by atoms with E-state index in [9.17, 15) is 22.8 Å². The number of ether oxygens (including phenoxy) is 1. The van der Waals surface area contributed by atoms with Gasteiger partial charge in [-0.3, -0.25) is 9.35 Å². The molecule has 1 fully saturated rings. The Morgan fingerprint density at radius 3 is 2.64 bits per heavy atom. The Kier molecular flexibility index (Phi) is 5.01. The van der Waals surface area contributed by atoms with Gasteiger partial charge in [-0.15, -0.1) is 4.28 Å². The average molecular weight is 416 g/mol. The topological polar surface area (TPSA) is 189 Å². The third-order valence-electron chi connectivity index (χ3n) is 4.20. The molecule has 4 amide bonds. The van der Waals surface area contributed by atoms with Gasteiger partial charge in [-0.25, -0.2) is 9.59 Å². The molecule has 14 heteroatoms. The van der Waals surface area contributed by atoms with Gasteiger partial charge in [0, 0.05) is 0 Å². The minimum atomic E-state index is -4.99. The van der Waals surface area contributed by atoms with E-state index in [-0.39, 0.29) is 25.4 Å². The number of urea groups is 1. The van der Waals surface area contributed by atoms with Gasteiger partial charge in [0.25, 0.3) is 0 Å². The second kappa shape index (κ2) is 7.14. The minimum Gasteiger partial charge on any atom is -0.492 e. The lowest BCUT2D eigenvalue weighted by atomic mass is 9.90. The molecule has 2 bridgehead atoms. The Bertz CT molecular complexity index is 935. The van der Waals surface area contributed by atoms with Crippen molar-refractivity contribution in [2.75, 3.05) is 19.7 Å². The predicted molar refractivity (Wildman–Crippen MR) is 89.2 cm³/mol. The summed E-state index contributed by atoms with van der Waals surface area (Å²) in [4.78, 5) is 35.8. The van der Waals surface area contributed by atoms with Gasteiger partial charge >= 0.3 is 22.5 Å². The van der Waals surface area contributed by atoms with E-state index in [0.29, 0.717) is 16.2 Å². The molecule has 13 nitrogen and oxygen atoms in total. The minimum absolute atomic E-state index is 0.00525. The standard InChI is InChI=1S/C14H16N4O9S/c15-12(19)11-8-2-1-7(26-4-3-16-13(20)21)5-9(8)10-6-17(11)14(22)18(10)27-28(23,24)25/h1-2,5,10-11,16H,3-4,6H2,(H2,15,19)(H,20,21)(H,23,24,25)/t10-,11+/m0/s1. The number of hydrogen-bond donors (Lipinski definition) is 4. The Hall–Kier alpha value is -3.10. The van der Waals surface area contributed by atoms with Gasteiger partial charge in [0.05, 0.1) is 13.1 Å². The maximum absolute atomic E-state index is 12.5. The Labute approximate surface area is 158 Å². The first-order valence-corrected chi connectivity index (χ1v) is 9.24. The summed E-state index contributed by atoms with van der Waals surface area (Å²) in [6.07, 6.45) is -1.21. The number of primary amides is 1. The molecule has 0 spiro atoms. The van der Waals surface area contributed by atoms with Gasteiger partial charge in [-0.05, 0) is 23.3 Å². The van der Waals surface area contributed by atoms with Crippen molar-refractivity contribution < 1.29 is 41.5 Å². The molecule has 0 radical (unpaired) electrons. The number of nitrogens with one attached hydrogen (secondary N) is 1. The van der Waals surface area contributed by atoms with E-state index in [1.807, 2.05) is 0 Å². The summed E-state index contributed by atoms with van der Waals surface area (Å²) in [6.45, 7) is -0.0751. The van der Waals surface area contributed by atoms with Crippen LogP contribution in [0.1, 0.15) is 23.2 Å². The van der Waals surface area contributed by atoms with Crippen LogP contribution in [0.2, 0.25) is 0 Å². The summed E-state index contributed by atoms with van der Waals surface area (Å²) in [5.41, 5.74) is 6.11. The van der Waals surface area contributed by atoms with Crippen molar-refractivity contribution in [3.8, 4) is 5.75 Å². The first-order valence-electron chi connectivity index (χ1n) is 7.88. The molecule has 152 valence electrons. The van der Waals surface area contributed by atoms with Gasteiger partial charge in [-0.2, -0.15) is 13.5 Å².